The van der Waals surface area contributed by atoms with Crippen molar-refractivity contribution in [3.63, 3.8) is 0 Å². The molecule has 7 nitrogen and oxygen atoms in total. The lowest BCUT2D eigenvalue weighted by molar-refractivity contribution is -0.176. The van der Waals surface area contributed by atoms with Crippen molar-refractivity contribution in [2.75, 3.05) is 20.3 Å². The molecule has 3 atom stereocenters. The second-order valence-corrected chi connectivity index (χ2v) is 9.52. The maximum Gasteiger partial charge on any atom is 0.323 e. The Balaban J connectivity index is 1.88. The molecule has 0 unspecified atom stereocenters. The molecule has 0 N–H and O–H groups in total. The van der Waals surface area contributed by atoms with Gasteiger partial charge in [-0.1, -0.05) is 30.3 Å². The van der Waals surface area contributed by atoms with E-state index in [0.29, 0.717) is 39.0 Å². The van der Waals surface area contributed by atoms with E-state index in [1.165, 1.54) is 7.11 Å². The van der Waals surface area contributed by atoms with Gasteiger partial charge in [-0.25, -0.2) is 0 Å². The molecule has 0 saturated carbocycles. The van der Waals surface area contributed by atoms with Gasteiger partial charge in [-0.05, 0) is 46.1 Å². The highest BCUT2D eigenvalue weighted by Gasteiger charge is 2.48. The molecule has 2 heterocycles. The van der Waals surface area contributed by atoms with Gasteiger partial charge >= 0.3 is 11.9 Å². The van der Waals surface area contributed by atoms with Gasteiger partial charge in [-0.15, -0.1) is 0 Å². The van der Waals surface area contributed by atoms with Crippen LogP contribution in [0, 0.1) is 5.92 Å². The van der Waals surface area contributed by atoms with Gasteiger partial charge in [-0.2, -0.15) is 0 Å². The number of hydrogen-bond acceptors (Lipinski definition) is 7. The van der Waals surface area contributed by atoms with Crippen molar-refractivity contribution in [2.24, 2.45) is 5.92 Å². The quantitative estimate of drug-likeness (QED) is 0.611. The van der Waals surface area contributed by atoms with Crippen LogP contribution in [0.4, 0.5) is 0 Å². The highest BCUT2D eigenvalue weighted by atomic mass is 16.7. The molecule has 2 aliphatic rings. The summed E-state index contributed by atoms with van der Waals surface area (Å²) in [4.78, 5) is 28.0. The normalized spacial score (nSPS) is 24.7. The van der Waals surface area contributed by atoms with Gasteiger partial charge in [0.25, 0.3) is 0 Å². The standard InChI is InChI=1S/C24H35NO6/c1-23(2,3)31-22(27)20-12-11-19(25(20)16-17-9-7-6-8-10-17)18(21(26)28-5)15-24(4)29-13-14-30-24/h6-10,18-20H,11-16H2,1-5H3/t18-,19+,20-/m0/s1. The molecule has 2 saturated heterocycles. The van der Waals surface area contributed by atoms with Gasteiger partial charge < -0.3 is 18.9 Å². The minimum absolute atomic E-state index is 0.185. The molecule has 31 heavy (non-hydrogen) atoms. The van der Waals surface area contributed by atoms with Crippen molar-refractivity contribution in [3.8, 4) is 0 Å². The van der Waals surface area contributed by atoms with Gasteiger partial charge in [0.1, 0.15) is 11.6 Å². The van der Waals surface area contributed by atoms with Crippen LogP contribution in [0.3, 0.4) is 0 Å². The molecule has 3 rings (SSSR count). The lowest BCUT2D eigenvalue weighted by atomic mass is 9.90. The van der Waals surface area contributed by atoms with E-state index in [9.17, 15) is 9.59 Å². The fraction of sp³-hybridized carbons (Fsp3) is 0.667. The van der Waals surface area contributed by atoms with Crippen LogP contribution in [-0.4, -0.2) is 60.6 Å². The maximum atomic E-state index is 13.0. The van der Waals surface area contributed by atoms with Crippen molar-refractivity contribution < 1.29 is 28.5 Å². The van der Waals surface area contributed by atoms with Gasteiger partial charge in [0, 0.05) is 19.0 Å². The molecule has 2 fully saturated rings. The van der Waals surface area contributed by atoms with Crippen LogP contribution in [0.15, 0.2) is 30.3 Å². The summed E-state index contributed by atoms with van der Waals surface area (Å²) in [5.41, 5.74) is 0.500. The Hall–Kier alpha value is -1.96. The second-order valence-electron chi connectivity index (χ2n) is 9.52. The molecule has 0 aromatic heterocycles. The summed E-state index contributed by atoms with van der Waals surface area (Å²) in [6.45, 7) is 9.01. The van der Waals surface area contributed by atoms with Crippen LogP contribution in [-0.2, 0) is 35.1 Å². The Morgan fingerprint density at radius 1 is 1.16 bits per heavy atom. The number of nitrogens with zero attached hydrogens (tertiary/aromatic N) is 1. The van der Waals surface area contributed by atoms with Gasteiger partial charge in [0.2, 0.25) is 0 Å². The van der Waals surface area contributed by atoms with Crippen LogP contribution in [0.5, 0.6) is 0 Å². The maximum absolute atomic E-state index is 13.0. The predicted molar refractivity (Wildman–Crippen MR) is 115 cm³/mol. The van der Waals surface area contributed by atoms with Crippen molar-refractivity contribution in [2.45, 2.75) is 77.0 Å². The minimum atomic E-state index is -0.832. The predicted octanol–water partition coefficient (Wildman–Crippen LogP) is 3.30. The number of benzene rings is 1. The third-order valence-corrected chi connectivity index (χ3v) is 5.91. The van der Waals surface area contributed by atoms with E-state index in [0.717, 1.165) is 5.56 Å². The number of likely N-dealkylation sites (tertiary alicyclic amines) is 1. The molecule has 0 aliphatic carbocycles. The zero-order valence-electron chi connectivity index (χ0n) is 19.3. The highest BCUT2D eigenvalue weighted by molar-refractivity contribution is 5.78. The lowest BCUT2D eigenvalue weighted by Crippen LogP contribution is -2.49. The molecule has 0 spiro atoms. The van der Waals surface area contributed by atoms with Crippen molar-refractivity contribution >= 4 is 11.9 Å². The van der Waals surface area contributed by atoms with Crippen LogP contribution < -0.4 is 0 Å². The Labute approximate surface area is 185 Å². The first-order valence-electron chi connectivity index (χ1n) is 11.0. The molecule has 0 amide bonds. The molecule has 0 bridgehead atoms. The number of esters is 2. The second kappa shape index (κ2) is 9.67. The van der Waals surface area contributed by atoms with Crippen LogP contribution in [0.2, 0.25) is 0 Å². The average Bonchev–Trinajstić information content (AvgIpc) is 3.32. The number of hydrogen-bond donors (Lipinski definition) is 0. The fourth-order valence-electron chi connectivity index (χ4n) is 4.57. The monoisotopic (exact) mass is 433 g/mol. The first-order valence-corrected chi connectivity index (χ1v) is 11.0. The topological polar surface area (TPSA) is 74.3 Å². The first kappa shape index (κ1) is 23.7. The van der Waals surface area contributed by atoms with E-state index in [-0.39, 0.29) is 18.0 Å². The lowest BCUT2D eigenvalue weighted by Gasteiger charge is -2.36. The van der Waals surface area contributed by atoms with E-state index in [4.69, 9.17) is 18.9 Å². The molecule has 2 aliphatic heterocycles. The Morgan fingerprint density at radius 3 is 2.39 bits per heavy atom. The minimum Gasteiger partial charge on any atom is -0.469 e. The molecule has 7 heteroatoms. The zero-order chi connectivity index (χ0) is 22.6. The van der Waals surface area contributed by atoms with Crippen LogP contribution in [0.1, 0.15) is 52.5 Å². The number of ether oxygens (including phenoxy) is 4. The molecule has 0 radical (unpaired) electrons. The summed E-state index contributed by atoms with van der Waals surface area (Å²) >= 11 is 0. The van der Waals surface area contributed by atoms with E-state index >= 15 is 0 Å². The summed E-state index contributed by atoms with van der Waals surface area (Å²) in [7, 11) is 1.40. The number of methoxy groups -OCH3 is 1. The SMILES string of the molecule is COC(=O)[C@@H](CC1(C)OCCO1)[C@H]1CC[C@@H](C(=O)OC(C)(C)C)N1Cc1ccccc1. The van der Waals surface area contributed by atoms with Gasteiger partial charge in [0.05, 0.1) is 26.2 Å². The Kier molecular flexibility index (Phi) is 7.39. The average molecular weight is 434 g/mol. The van der Waals surface area contributed by atoms with E-state index in [1.807, 2.05) is 58.0 Å². The molecular weight excluding hydrogens is 398 g/mol. The van der Waals surface area contributed by atoms with E-state index in [1.54, 1.807) is 0 Å². The van der Waals surface area contributed by atoms with Crippen molar-refractivity contribution in [1.82, 2.24) is 4.90 Å². The molecule has 172 valence electrons. The summed E-state index contributed by atoms with van der Waals surface area (Å²) in [5, 5.41) is 0. The van der Waals surface area contributed by atoms with Gasteiger partial charge in [0.15, 0.2) is 5.79 Å². The highest BCUT2D eigenvalue weighted by Crippen LogP contribution is 2.38. The fourth-order valence-corrected chi connectivity index (χ4v) is 4.57. The van der Waals surface area contributed by atoms with E-state index in [2.05, 4.69) is 4.90 Å². The van der Waals surface area contributed by atoms with Crippen LogP contribution in [0.25, 0.3) is 0 Å². The molecular formula is C24H35NO6. The van der Waals surface area contributed by atoms with Crippen molar-refractivity contribution in [1.29, 1.82) is 0 Å². The largest absolute Gasteiger partial charge is 0.469 e. The van der Waals surface area contributed by atoms with E-state index < -0.39 is 23.3 Å². The van der Waals surface area contributed by atoms with Crippen LogP contribution >= 0.6 is 0 Å². The summed E-state index contributed by atoms with van der Waals surface area (Å²) in [6, 6.07) is 9.36. The third kappa shape index (κ3) is 6.05. The summed E-state index contributed by atoms with van der Waals surface area (Å²) in [5.74, 6) is -1.88. The Bertz CT molecular complexity index is 753. The Morgan fingerprint density at radius 2 is 1.81 bits per heavy atom. The smallest absolute Gasteiger partial charge is 0.323 e. The first-order chi connectivity index (χ1) is 14.6. The molecule has 1 aromatic carbocycles. The zero-order valence-corrected chi connectivity index (χ0v) is 19.3. The molecule has 1 aromatic rings. The number of rotatable bonds is 7. The summed E-state index contributed by atoms with van der Waals surface area (Å²) < 4.78 is 22.4. The van der Waals surface area contributed by atoms with Gasteiger partial charge in [-0.3, -0.25) is 14.5 Å². The summed E-state index contributed by atoms with van der Waals surface area (Å²) in [6.07, 6.45) is 1.68. The third-order valence-electron chi connectivity index (χ3n) is 5.91. The number of carbonyl (C=O) groups excluding carboxylic acids is 2. The van der Waals surface area contributed by atoms with Crippen molar-refractivity contribution in [3.05, 3.63) is 35.9 Å². The number of carbonyl (C=O) groups is 2.